The first-order chi connectivity index (χ1) is 17.7. The van der Waals surface area contributed by atoms with E-state index < -0.39 is 79.7 Å². The Bertz CT molecular complexity index is 1340. The monoisotopic (exact) mass is 520 g/mol. The average Bonchev–Trinajstić information content (AvgIpc) is 2.91. The van der Waals surface area contributed by atoms with Crippen LogP contribution in [0.15, 0.2) is 45.6 Å². The number of rotatable bonds is 4. The quantitative estimate of drug-likeness (QED) is 0.175. The SMILES string of the molecule is O=c1c2ccccc2oc2ccc(C3O[C@H](CO)[C@@H](O)[C@H](O)[C@H]3O)c(C3O[C@H](CO)[C@@H](O)[C@H](O)[C@H]3O)c12. The Morgan fingerprint density at radius 1 is 0.649 bits per heavy atom. The third kappa shape index (κ3) is 4.15. The Kier molecular flexibility index (Phi) is 7.06. The van der Waals surface area contributed by atoms with Gasteiger partial charge in [0.25, 0.3) is 0 Å². The van der Waals surface area contributed by atoms with Crippen molar-refractivity contribution in [1.82, 2.24) is 0 Å². The summed E-state index contributed by atoms with van der Waals surface area (Å²) in [6, 6.07) is 9.25. The van der Waals surface area contributed by atoms with Gasteiger partial charge in [0.05, 0.1) is 24.0 Å². The lowest BCUT2D eigenvalue weighted by atomic mass is 9.82. The van der Waals surface area contributed by atoms with Gasteiger partial charge in [0.1, 0.15) is 72.2 Å². The van der Waals surface area contributed by atoms with Crippen molar-refractivity contribution in [3.63, 3.8) is 0 Å². The fourth-order valence-corrected chi connectivity index (χ4v) is 5.18. The fraction of sp³-hybridized carbons (Fsp3) is 0.480. The first kappa shape index (κ1) is 26.1. The van der Waals surface area contributed by atoms with Crippen molar-refractivity contribution in [2.45, 2.75) is 61.0 Å². The van der Waals surface area contributed by atoms with Crippen molar-refractivity contribution >= 4 is 21.9 Å². The number of hydrogen-bond acceptors (Lipinski definition) is 12. The fourth-order valence-electron chi connectivity index (χ4n) is 5.18. The third-order valence-electron chi connectivity index (χ3n) is 7.20. The lowest BCUT2D eigenvalue weighted by Crippen LogP contribution is -2.56. The molecule has 37 heavy (non-hydrogen) atoms. The molecule has 8 N–H and O–H groups in total. The molecule has 2 aromatic carbocycles. The Hall–Kier alpha value is -2.49. The van der Waals surface area contributed by atoms with E-state index in [2.05, 4.69) is 0 Å². The number of aliphatic hydroxyl groups is 8. The maximum atomic E-state index is 13.7. The van der Waals surface area contributed by atoms with Crippen LogP contribution in [0.3, 0.4) is 0 Å². The predicted molar refractivity (Wildman–Crippen MR) is 125 cm³/mol. The molecule has 12 heteroatoms. The standard InChI is InChI=1S/C25H28O12/c26-7-13-18(29)20(31)22(33)24(36-13)10-5-6-12-16(17(28)9-3-1-2-4-11(9)35-12)15(10)25-23(34)21(32)19(30)14(8-27)37-25/h1-6,13-14,18-27,29-34H,7-8H2/t13-,14-,18-,19-,20+,21+,22-,23-,24?,25?/m1/s1. The molecule has 0 radical (unpaired) electrons. The van der Waals surface area contributed by atoms with Gasteiger partial charge >= 0.3 is 0 Å². The minimum absolute atomic E-state index is 0.0383. The topological polar surface area (TPSA) is 211 Å². The first-order valence-electron chi connectivity index (χ1n) is 11.8. The molecule has 5 rings (SSSR count). The maximum Gasteiger partial charge on any atom is 0.200 e. The summed E-state index contributed by atoms with van der Waals surface area (Å²) in [7, 11) is 0. The molecule has 0 spiro atoms. The Balaban J connectivity index is 1.79. The molecule has 10 atom stereocenters. The van der Waals surface area contributed by atoms with Gasteiger partial charge in [-0.15, -0.1) is 0 Å². The number of para-hydroxylation sites is 1. The molecule has 2 fully saturated rings. The summed E-state index contributed by atoms with van der Waals surface area (Å²) >= 11 is 0. The lowest BCUT2D eigenvalue weighted by molar-refractivity contribution is -0.238. The largest absolute Gasteiger partial charge is 0.456 e. The first-order valence-corrected chi connectivity index (χ1v) is 11.8. The molecule has 2 saturated heterocycles. The van der Waals surface area contributed by atoms with Gasteiger partial charge in [0.2, 0.25) is 5.43 Å². The molecule has 2 aliphatic rings. The van der Waals surface area contributed by atoms with E-state index in [1.165, 1.54) is 18.2 Å². The van der Waals surface area contributed by atoms with Crippen LogP contribution >= 0.6 is 0 Å². The summed E-state index contributed by atoms with van der Waals surface area (Å²) in [6.07, 6.45) is -15.9. The van der Waals surface area contributed by atoms with Gasteiger partial charge in [-0.1, -0.05) is 18.2 Å². The lowest BCUT2D eigenvalue weighted by Gasteiger charge is -2.43. The average molecular weight is 520 g/mol. The van der Waals surface area contributed by atoms with Crippen LogP contribution in [0.5, 0.6) is 0 Å². The highest BCUT2D eigenvalue weighted by atomic mass is 16.6. The van der Waals surface area contributed by atoms with Crippen molar-refractivity contribution in [1.29, 1.82) is 0 Å². The van der Waals surface area contributed by atoms with E-state index in [0.717, 1.165) is 0 Å². The Morgan fingerprint density at radius 2 is 1.22 bits per heavy atom. The van der Waals surface area contributed by atoms with Crippen LogP contribution < -0.4 is 5.43 Å². The molecular formula is C25H28O12. The van der Waals surface area contributed by atoms with Crippen molar-refractivity contribution < 1.29 is 54.7 Å². The second-order valence-corrected chi connectivity index (χ2v) is 9.37. The van der Waals surface area contributed by atoms with E-state index in [1.54, 1.807) is 18.2 Å². The normalized spacial score (nSPS) is 36.8. The summed E-state index contributed by atoms with van der Waals surface area (Å²) in [5.41, 5.74) is -0.214. The van der Waals surface area contributed by atoms with Crippen LogP contribution in [-0.2, 0) is 9.47 Å². The number of aliphatic hydroxyl groups excluding tert-OH is 8. The molecule has 3 heterocycles. The predicted octanol–water partition coefficient (Wildman–Crippen LogP) is -2.02. The summed E-state index contributed by atoms with van der Waals surface area (Å²) in [4.78, 5) is 13.7. The number of fused-ring (bicyclic) bond motifs is 2. The number of hydrogen-bond donors (Lipinski definition) is 8. The van der Waals surface area contributed by atoms with Crippen LogP contribution in [0.25, 0.3) is 21.9 Å². The van der Waals surface area contributed by atoms with Crippen molar-refractivity contribution in [2.24, 2.45) is 0 Å². The van der Waals surface area contributed by atoms with Gasteiger partial charge in [-0.25, -0.2) is 0 Å². The molecule has 3 aromatic rings. The molecule has 0 bridgehead atoms. The van der Waals surface area contributed by atoms with Crippen LogP contribution in [0.1, 0.15) is 23.3 Å². The van der Waals surface area contributed by atoms with Crippen LogP contribution in [0, 0.1) is 0 Å². The van der Waals surface area contributed by atoms with Crippen LogP contribution in [-0.4, -0.2) is 103 Å². The van der Waals surface area contributed by atoms with E-state index in [9.17, 15) is 45.6 Å². The van der Waals surface area contributed by atoms with Gasteiger partial charge < -0.3 is 54.7 Å². The summed E-state index contributed by atoms with van der Waals surface area (Å²) in [5.74, 6) is 0. The molecule has 200 valence electrons. The van der Waals surface area contributed by atoms with Crippen LogP contribution in [0.2, 0.25) is 0 Å². The summed E-state index contributed by atoms with van der Waals surface area (Å²) in [5, 5.41) is 82.6. The second-order valence-electron chi connectivity index (χ2n) is 9.37. The summed E-state index contributed by atoms with van der Waals surface area (Å²) in [6.45, 7) is -1.42. The zero-order chi connectivity index (χ0) is 26.6. The molecule has 0 saturated carbocycles. The minimum Gasteiger partial charge on any atom is -0.456 e. The third-order valence-corrected chi connectivity index (χ3v) is 7.20. The Morgan fingerprint density at radius 3 is 1.84 bits per heavy atom. The highest BCUT2D eigenvalue weighted by Crippen LogP contribution is 2.43. The van der Waals surface area contributed by atoms with Gasteiger partial charge in [-0.2, -0.15) is 0 Å². The molecule has 2 unspecified atom stereocenters. The maximum absolute atomic E-state index is 13.7. The molecule has 2 aliphatic heterocycles. The molecule has 12 nitrogen and oxygen atoms in total. The Labute approximate surface area is 209 Å². The zero-order valence-electron chi connectivity index (χ0n) is 19.4. The molecule has 0 aliphatic carbocycles. The van der Waals surface area contributed by atoms with Gasteiger partial charge in [-0.05, 0) is 23.8 Å². The van der Waals surface area contributed by atoms with Crippen molar-refractivity contribution in [3.05, 3.63) is 57.7 Å². The van der Waals surface area contributed by atoms with Crippen molar-refractivity contribution in [2.75, 3.05) is 13.2 Å². The molecule has 0 amide bonds. The summed E-state index contributed by atoms with van der Waals surface area (Å²) < 4.78 is 17.4. The second kappa shape index (κ2) is 10.0. The van der Waals surface area contributed by atoms with Crippen LogP contribution in [0.4, 0.5) is 0 Å². The zero-order valence-corrected chi connectivity index (χ0v) is 19.4. The smallest absolute Gasteiger partial charge is 0.200 e. The van der Waals surface area contributed by atoms with E-state index in [4.69, 9.17) is 13.9 Å². The van der Waals surface area contributed by atoms with E-state index in [0.29, 0.717) is 0 Å². The van der Waals surface area contributed by atoms with E-state index in [-0.39, 0.29) is 33.1 Å². The minimum atomic E-state index is -1.79. The van der Waals surface area contributed by atoms with E-state index >= 15 is 0 Å². The van der Waals surface area contributed by atoms with Gasteiger partial charge in [-0.3, -0.25) is 4.79 Å². The highest BCUT2D eigenvalue weighted by molar-refractivity contribution is 5.92. The van der Waals surface area contributed by atoms with Gasteiger partial charge in [0, 0.05) is 5.56 Å². The van der Waals surface area contributed by atoms with E-state index in [1.807, 2.05) is 0 Å². The van der Waals surface area contributed by atoms with Gasteiger partial charge in [0.15, 0.2) is 0 Å². The molecular weight excluding hydrogens is 492 g/mol. The number of ether oxygens (including phenoxy) is 2. The molecule has 1 aromatic heterocycles. The van der Waals surface area contributed by atoms with Crippen molar-refractivity contribution in [3.8, 4) is 0 Å². The highest BCUT2D eigenvalue weighted by Gasteiger charge is 2.49. The number of benzene rings is 2.